The molecule has 2 aliphatic carbocycles. The molecule has 2 heteroatoms. The highest BCUT2D eigenvalue weighted by atomic mass is 16.3. The zero-order valence-electron chi connectivity index (χ0n) is 18.5. The maximum Gasteiger partial charge on any atom is 0.145 e. The molecule has 0 saturated heterocycles. The Labute approximate surface area is 187 Å². The van der Waals surface area contributed by atoms with Crippen LogP contribution < -0.4 is 0 Å². The summed E-state index contributed by atoms with van der Waals surface area (Å²) in [6.45, 7) is 4.22. The number of fused-ring (bicyclic) bond motifs is 9. The Kier molecular flexibility index (Phi) is 3.60. The highest BCUT2D eigenvalue weighted by Gasteiger charge is 2.45. The monoisotopic (exact) mass is 415 g/mol. The Morgan fingerprint density at radius 1 is 0.812 bits per heavy atom. The number of furan rings is 1. The zero-order valence-corrected chi connectivity index (χ0v) is 18.5. The molecular formula is C30H25NO. The number of aryl methyl sites for hydroxylation is 2. The van der Waals surface area contributed by atoms with Crippen molar-refractivity contribution in [3.05, 3.63) is 89.1 Å². The van der Waals surface area contributed by atoms with Gasteiger partial charge < -0.3 is 4.42 Å². The quantitative estimate of drug-likeness (QED) is 0.276. The minimum Gasteiger partial charge on any atom is -0.455 e. The maximum absolute atomic E-state index is 6.60. The molecule has 0 N–H and O–H groups in total. The summed E-state index contributed by atoms with van der Waals surface area (Å²) in [5.41, 5.74) is 12.4. The summed E-state index contributed by atoms with van der Waals surface area (Å²) < 4.78 is 6.60. The fourth-order valence-corrected chi connectivity index (χ4v) is 6.42. The molecule has 0 unspecified atom stereocenters. The molecule has 5 aromatic rings. The van der Waals surface area contributed by atoms with Gasteiger partial charge in [0, 0.05) is 27.9 Å². The summed E-state index contributed by atoms with van der Waals surface area (Å²) in [6.07, 6.45) is 7.04. The highest BCUT2D eigenvalue weighted by Crippen LogP contribution is 2.59. The average molecular weight is 416 g/mol. The second-order valence-electron chi connectivity index (χ2n) is 9.65. The first-order chi connectivity index (χ1) is 15.7. The minimum atomic E-state index is 0.176. The van der Waals surface area contributed by atoms with Gasteiger partial charge in [-0.3, -0.25) is 4.98 Å². The van der Waals surface area contributed by atoms with Crippen molar-refractivity contribution in [2.75, 3.05) is 0 Å². The van der Waals surface area contributed by atoms with E-state index in [1.54, 1.807) is 0 Å². The third kappa shape index (κ3) is 2.22. The van der Waals surface area contributed by atoms with E-state index >= 15 is 0 Å². The molecule has 156 valence electrons. The van der Waals surface area contributed by atoms with E-state index in [9.17, 15) is 0 Å². The molecule has 1 saturated carbocycles. The van der Waals surface area contributed by atoms with Crippen molar-refractivity contribution >= 4 is 21.9 Å². The van der Waals surface area contributed by atoms with E-state index in [0.29, 0.717) is 0 Å². The number of hydrogen-bond donors (Lipinski definition) is 0. The van der Waals surface area contributed by atoms with Crippen molar-refractivity contribution in [2.24, 2.45) is 0 Å². The fourth-order valence-electron chi connectivity index (χ4n) is 6.42. The number of pyridine rings is 1. The standard InChI is InChI=1S/C30H25NO/c1-18-9-13-24(31-17-18)26-19(2)10-11-21-28-25(32-29(21)26)14-12-23-27(28)20-7-3-4-8-22(20)30(23)15-5-6-16-30/h3-4,7-14,17H,5-6,15-16H2,1-2H3. The SMILES string of the molecule is Cc1ccc(-c2c(C)ccc3c2oc2ccc4c(c23)-c2ccccc2C42CCCC2)nc1. The molecule has 1 fully saturated rings. The Bertz CT molecular complexity index is 1530. The molecule has 0 atom stereocenters. The molecule has 0 amide bonds. The first-order valence-corrected chi connectivity index (χ1v) is 11.7. The Morgan fingerprint density at radius 2 is 1.66 bits per heavy atom. The van der Waals surface area contributed by atoms with Gasteiger partial charge in [-0.2, -0.15) is 0 Å². The van der Waals surface area contributed by atoms with Crippen LogP contribution in [0.5, 0.6) is 0 Å². The summed E-state index contributed by atoms with van der Waals surface area (Å²) in [7, 11) is 0. The van der Waals surface area contributed by atoms with Gasteiger partial charge in [-0.1, -0.05) is 61.4 Å². The molecule has 0 bridgehead atoms. The lowest BCUT2D eigenvalue weighted by Gasteiger charge is -2.26. The van der Waals surface area contributed by atoms with Gasteiger partial charge in [0.15, 0.2) is 0 Å². The van der Waals surface area contributed by atoms with Gasteiger partial charge >= 0.3 is 0 Å². The fraction of sp³-hybridized carbons (Fsp3) is 0.233. The Balaban J connectivity index is 1.60. The molecule has 7 rings (SSSR count). The van der Waals surface area contributed by atoms with Crippen LogP contribution in [0.15, 0.2) is 71.3 Å². The largest absolute Gasteiger partial charge is 0.455 e. The summed E-state index contributed by atoms with van der Waals surface area (Å²) >= 11 is 0. The molecule has 32 heavy (non-hydrogen) atoms. The molecule has 3 aromatic carbocycles. The van der Waals surface area contributed by atoms with E-state index in [1.807, 2.05) is 6.20 Å². The third-order valence-corrected chi connectivity index (χ3v) is 7.87. The molecule has 2 heterocycles. The number of nitrogens with zero attached hydrogens (tertiary/aromatic N) is 1. The van der Waals surface area contributed by atoms with Crippen LogP contribution in [0, 0.1) is 13.8 Å². The lowest BCUT2D eigenvalue weighted by atomic mass is 9.76. The Hall–Kier alpha value is -3.39. The van der Waals surface area contributed by atoms with Gasteiger partial charge in [-0.25, -0.2) is 0 Å². The van der Waals surface area contributed by atoms with Crippen molar-refractivity contribution in [2.45, 2.75) is 44.9 Å². The van der Waals surface area contributed by atoms with Gasteiger partial charge in [0.25, 0.3) is 0 Å². The topological polar surface area (TPSA) is 26.0 Å². The molecular weight excluding hydrogens is 390 g/mol. The van der Waals surface area contributed by atoms with E-state index in [2.05, 4.69) is 74.5 Å². The number of rotatable bonds is 1. The predicted octanol–water partition coefficient (Wildman–Crippen LogP) is 8.11. The van der Waals surface area contributed by atoms with E-state index in [-0.39, 0.29) is 5.41 Å². The van der Waals surface area contributed by atoms with E-state index < -0.39 is 0 Å². The molecule has 1 spiro atoms. The van der Waals surface area contributed by atoms with E-state index in [1.165, 1.54) is 69.8 Å². The molecule has 0 radical (unpaired) electrons. The van der Waals surface area contributed by atoms with Crippen LogP contribution in [-0.2, 0) is 5.41 Å². The van der Waals surface area contributed by atoms with Crippen LogP contribution in [0.25, 0.3) is 44.3 Å². The van der Waals surface area contributed by atoms with Crippen LogP contribution in [0.4, 0.5) is 0 Å². The van der Waals surface area contributed by atoms with Gasteiger partial charge in [-0.15, -0.1) is 0 Å². The van der Waals surface area contributed by atoms with Crippen molar-refractivity contribution in [1.82, 2.24) is 4.98 Å². The van der Waals surface area contributed by atoms with Gasteiger partial charge in [0.1, 0.15) is 11.2 Å². The van der Waals surface area contributed by atoms with Crippen molar-refractivity contribution in [3.8, 4) is 22.4 Å². The van der Waals surface area contributed by atoms with Crippen molar-refractivity contribution in [1.29, 1.82) is 0 Å². The number of aromatic nitrogens is 1. The maximum atomic E-state index is 6.60. The van der Waals surface area contributed by atoms with Gasteiger partial charge in [0.05, 0.1) is 5.69 Å². The highest BCUT2D eigenvalue weighted by molar-refractivity contribution is 6.17. The summed E-state index contributed by atoms with van der Waals surface area (Å²) in [6, 6.07) is 22.3. The zero-order chi connectivity index (χ0) is 21.4. The lowest BCUT2D eigenvalue weighted by Crippen LogP contribution is -2.20. The van der Waals surface area contributed by atoms with Gasteiger partial charge in [0.2, 0.25) is 0 Å². The Morgan fingerprint density at radius 3 is 2.47 bits per heavy atom. The summed E-state index contributed by atoms with van der Waals surface area (Å²) in [5.74, 6) is 0. The smallest absolute Gasteiger partial charge is 0.145 e. The van der Waals surface area contributed by atoms with Gasteiger partial charge in [-0.05, 0) is 72.2 Å². The molecule has 2 aliphatic rings. The molecule has 2 nitrogen and oxygen atoms in total. The van der Waals surface area contributed by atoms with Crippen LogP contribution in [-0.4, -0.2) is 4.98 Å². The van der Waals surface area contributed by atoms with Crippen molar-refractivity contribution < 1.29 is 4.42 Å². The predicted molar refractivity (Wildman–Crippen MR) is 131 cm³/mol. The second-order valence-corrected chi connectivity index (χ2v) is 9.65. The summed E-state index contributed by atoms with van der Waals surface area (Å²) in [4.78, 5) is 4.74. The van der Waals surface area contributed by atoms with E-state index in [4.69, 9.17) is 9.40 Å². The van der Waals surface area contributed by atoms with Crippen LogP contribution in [0.1, 0.15) is 47.9 Å². The minimum absolute atomic E-state index is 0.176. The average Bonchev–Trinajstić information content (AvgIpc) is 3.51. The van der Waals surface area contributed by atoms with Crippen LogP contribution in [0.3, 0.4) is 0 Å². The number of benzene rings is 3. The second kappa shape index (κ2) is 6.32. The van der Waals surface area contributed by atoms with E-state index in [0.717, 1.165) is 22.4 Å². The number of hydrogen-bond acceptors (Lipinski definition) is 2. The first-order valence-electron chi connectivity index (χ1n) is 11.7. The third-order valence-electron chi connectivity index (χ3n) is 7.87. The normalized spacial score (nSPS) is 16.2. The first kappa shape index (κ1) is 18.2. The van der Waals surface area contributed by atoms with Crippen LogP contribution >= 0.6 is 0 Å². The van der Waals surface area contributed by atoms with Crippen molar-refractivity contribution in [3.63, 3.8) is 0 Å². The molecule has 0 aliphatic heterocycles. The van der Waals surface area contributed by atoms with Crippen LogP contribution in [0.2, 0.25) is 0 Å². The summed E-state index contributed by atoms with van der Waals surface area (Å²) in [5, 5.41) is 2.46. The molecule has 2 aromatic heterocycles. The lowest BCUT2D eigenvalue weighted by molar-refractivity contribution is 0.550.